The maximum atomic E-state index is 13.8. The van der Waals surface area contributed by atoms with E-state index in [1.165, 1.54) is 6.07 Å². The number of ether oxygens (including phenoxy) is 1. The molecule has 0 aromatic heterocycles. The molecular formula is C14H18F3NO. The van der Waals surface area contributed by atoms with E-state index in [4.69, 9.17) is 4.74 Å². The summed E-state index contributed by atoms with van der Waals surface area (Å²) in [5.74, 6) is -3.69. The summed E-state index contributed by atoms with van der Waals surface area (Å²) in [5.41, 5.74) is 0.149. The van der Waals surface area contributed by atoms with E-state index in [1.807, 2.05) is 0 Å². The lowest BCUT2D eigenvalue weighted by molar-refractivity contribution is 0.00525. The fraction of sp³-hybridized carbons (Fsp3) is 0.571. The molecule has 1 saturated heterocycles. The van der Waals surface area contributed by atoms with E-state index in [0.717, 1.165) is 25.3 Å². The molecule has 0 saturated carbocycles. The van der Waals surface area contributed by atoms with Crippen molar-refractivity contribution >= 4 is 0 Å². The van der Waals surface area contributed by atoms with E-state index in [-0.39, 0.29) is 17.7 Å². The molecule has 2 unspecified atom stereocenters. The first-order valence-corrected chi connectivity index (χ1v) is 6.55. The van der Waals surface area contributed by atoms with Crippen LogP contribution in [-0.4, -0.2) is 19.8 Å². The largest absolute Gasteiger partial charge is 0.378 e. The lowest BCUT2D eigenvalue weighted by Gasteiger charge is -2.27. The summed E-state index contributed by atoms with van der Waals surface area (Å²) in [6.45, 7) is 0.710. The van der Waals surface area contributed by atoms with Crippen molar-refractivity contribution in [2.24, 2.45) is 0 Å². The summed E-state index contributed by atoms with van der Waals surface area (Å²) < 4.78 is 45.5. The number of hydrogen-bond acceptors (Lipinski definition) is 2. The highest BCUT2D eigenvalue weighted by molar-refractivity contribution is 5.23. The number of hydrogen-bond donors (Lipinski definition) is 1. The van der Waals surface area contributed by atoms with Gasteiger partial charge in [-0.15, -0.1) is 0 Å². The van der Waals surface area contributed by atoms with Gasteiger partial charge in [-0.05, 0) is 38.8 Å². The van der Waals surface area contributed by atoms with Gasteiger partial charge in [0.1, 0.15) is 0 Å². The van der Waals surface area contributed by atoms with Crippen LogP contribution in [0.1, 0.15) is 37.3 Å². The molecule has 1 heterocycles. The van der Waals surface area contributed by atoms with Crippen molar-refractivity contribution in [3.05, 3.63) is 35.1 Å². The van der Waals surface area contributed by atoms with Gasteiger partial charge in [0, 0.05) is 18.2 Å². The highest BCUT2D eigenvalue weighted by Gasteiger charge is 2.24. The Morgan fingerprint density at radius 1 is 1.26 bits per heavy atom. The van der Waals surface area contributed by atoms with Crippen LogP contribution in [0, 0.1) is 17.5 Å². The maximum Gasteiger partial charge on any atom is 0.194 e. The van der Waals surface area contributed by atoms with Crippen LogP contribution in [0.5, 0.6) is 0 Å². The van der Waals surface area contributed by atoms with Gasteiger partial charge in [0.05, 0.1) is 6.10 Å². The van der Waals surface area contributed by atoms with Crippen molar-refractivity contribution in [2.75, 3.05) is 13.7 Å². The second-order valence-corrected chi connectivity index (χ2v) is 4.83. The summed E-state index contributed by atoms with van der Waals surface area (Å²) in [6, 6.07) is 1.87. The van der Waals surface area contributed by atoms with E-state index in [9.17, 15) is 13.2 Å². The maximum absolute atomic E-state index is 13.8. The van der Waals surface area contributed by atoms with Crippen LogP contribution in [0.3, 0.4) is 0 Å². The fourth-order valence-electron chi connectivity index (χ4n) is 2.47. The normalized spacial score (nSPS) is 21.4. The van der Waals surface area contributed by atoms with Crippen LogP contribution in [-0.2, 0) is 4.74 Å². The number of benzene rings is 1. The number of rotatable bonds is 4. The van der Waals surface area contributed by atoms with Gasteiger partial charge in [-0.3, -0.25) is 0 Å². The third kappa shape index (κ3) is 3.28. The molecule has 106 valence electrons. The Balaban J connectivity index is 2.14. The van der Waals surface area contributed by atoms with Crippen molar-refractivity contribution in [2.45, 2.75) is 37.8 Å². The number of nitrogens with one attached hydrogen (secondary N) is 1. The van der Waals surface area contributed by atoms with Crippen molar-refractivity contribution in [3.8, 4) is 0 Å². The van der Waals surface area contributed by atoms with Crippen molar-refractivity contribution in [1.82, 2.24) is 5.32 Å². The van der Waals surface area contributed by atoms with Crippen LogP contribution in [0.15, 0.2) is 12.1 Å². The molecule has 0 amide bonds. The molecule has 0 aliphatic carbocycles. The van der Waals surface area contributed by atoms with Crippen LogP contribution < -0.4 is 5.32 Å². The van der Waals surface area contributed by atoms with Gasteiger partial charge in [0.25, 0.3) is 0 Å². The monoisotopic (exact) mass is 273 g/mol. The summed E-state index contributed by atoms with van der Waals surface area (Å²) in [6.07, 6.45) is 3.64. The predicted octanol–water partition coefficient (Wildman–Crippen LogP) is 3.32. The fourth-order valence-corrected chi connectivity index (χ4v) is 2.47. The minimum absolute atomic E-state index is 0.0405. The molecule has 1 aromatic rings. The third-order valence-electron chi connectivity index (χ3n) is 3.56. The van der Waals surface area contributed by atoms with Gasteiger partial charge >= 0.3 is 0 Å². The Bertz CT molecular complexity index is 433. The van der Waals surface area contributed by atoms with Gasteiger partial charge in [0.2, 0.25) is 0 Å². The smallest absolute Gasteiger partial charge is 0.194 e. The zero-order valence-corrected chi connectivity index (χ0v) is 10.9. The van der Waals surface area contributed by atoms with E-state index in [0.29, 0.717) is 13.0 Å². The second-order valence-electron chi connectivity index (χ2n) is 4.83. The van der Waals surface area contributed by atoms with E-state index in [1.54, 1.807) is 7.05 Å². The minimum atomic E-state index is -1.41. The van der Waals surface area contributed by atoms with Crippen LogP contribution in [0.4, 0.5) is 13.2 Å². The van der Waals surface area contributed by atoms with Crippen LogP contribution in [0.2, 0.25) is 0 Å². The topological polar surface area (TPSA) is 21.3 Å². The van der Waals surface area contributed by atoms with Gasteiger partial charge < -0.3 is 10.1 Å². The zero-order chi connectivity index (χ0) is 13.8. The summed E-state index contributed by atoms with van der Waals surface area (Å²) in [5, 5.41) is 2.94. The Kier molecular flexibility index (Phi) is 4.82. The Morgan fingerprint density at radius 3 is 2.68 bits per heavy atom. The third-order valence-corrected chi connectivity index (χ3v) is 3.56. The van der Waals surface area contributed by atoms with Gasteiger partial charge in [0.15, 0.2) is 17.5 Å². The lowest BCUT2D eigenvalue weighted by atomic mass is 9.96. The molecule has 1 fully saturated rings. The highest BCUT2D eigenvalue weighted by Crippen LogP contribution is 2.28. The molecular weight excluding hydrogens is 255 g/mol. The van der Waals surface area contributed by atoms with Gasteiger partial charge in [-0.25, -0.2) is 13.2 Å². The standard InChI is InChI=1S/C14H18F3NO/c1-18-12(8-9-4-2-3-7-19-9)10-5-6-11(15)14(17)13(10)16/h5-6,9,12,18H,2-4,7-8H2,1H3. The zero-order valence-electron chi connectivity index (χ0n) is 10.9. The molecule has 5 heteroatoms. The molecule has 0 radical (unpaired) electrons. The first-order valence-electron chi connectivity index (χ1n) is 6.55. The molecule has 1 aliphatic heterocycles. The minimum Gasteiger partial charge on any atom is -0.378 e. The molecule has 0 spiro atoms. The molecule has 1 aromatic carbocycles. The second kappa shape index (κ2) is 6.39. The average molecular weight is 273 g/mol. The summed E-state index contributed by atoms with van der Waals surface area (Å²) in [7, 11) is 1.67. The Morgan fingerprint density at radius 2 is 2.05 bits per heavy atom. The predicted molar refractivity (Wildman–Crippen MR) is 66.3 cm³/mol. The van der Waals surface area contributed by atoms with Crippen molar-refractivity contribution in [1.29, 1.82) is 0 Å². The Labute approximate surface area is 111 Å². The van der Waals surface area contributed by atoms with Gasteiger partial charge in [-0.1, -0.05) is 6.07 Å². The molecule has 0 bridgehead atoms. The molecule has 19 heavy (non-hydrogen) atoms. The lowest BCUT2D eigenvalue weighted by Crippen LogP contribution is -2.27. The van der Waals surface area contributed by atoms with Crippen molar-refractivity contribution in [3.63, 3.8) is 0 Å². The quantitative estimate of drug-likeness (QED) is 0.850. The molecule has 2 rings (SSSR count). The Hall–Kier alpha value is -1.07. The number of halogens is 3. The van der Waals surface area contributed by atoms with Crippen LogP contribution in [0.25, 0.3) is 0 Å². The summed E-state index contributed by atoms with van der Waals surface area (Å²) >= 11 is 0. The van der Waals surface area contributed by atoms with E-state index in [2.05, 4.69) is 5.32 Å². The van der Waals surface area contributed by atoms with E-state index < -0.39 is 17.5 Å². The molecule has 1 N–H and O–H groups in total. The molecule has 2 nitrogen and oxygen atoms in total. The highest BCUT2D eigenvalue weighted by atomic mass is 19.2. The first-order chi connectivity index (χ1) is 9.13. The van der Waals surface area contributed by atoms with E-state index >= 15 is 0 Å². The average Bonchev–Trinajstić information content (AvgIpc) is 2.44. The van der Waals surface area contributed by atoms with Crippen LogP contribution >= 0.6 is 0 Å². The first kappa shape index (κ1) is 14.3. The molecule has 1 aliphatic rings. The summed E-state index contributed by atoms with van der Waals surface area (Å²) in [4.78, 5) is 0. The SMILES string of the molecule is CNC(CC1CCCCO1)c1ccc(F)c(F)c1F. The van der Waals surface area contributed by atoms with Crippen molar-refractivity contribution < 1.29 is 17.9 Å². The molecule has 2 atom stereocenters. The van der Waals surface area contributed by atoms with Gasteiger partial charge in [-0.2, -0.15) is 0 Å².